The maximum Gasteiger partial charge on any atom is 0.304 e. The van der Waals surface area contributed by atoms with Crippen LogP contribution >= 0.6 is 17.1 Å². The van der Waals surface area contributed by atoms with Gasteiger partial charge in [-0.25, -0.2) is 0 Å². The van der Waals surface area contributed by atoms with Crippen LogP contribution in [0.5, 0.6) is 0 Å². The van der Waals surface area contributed by atoms with Crippen LogP contribution in [-0.2, 0) is 25.6 Å². The zero-order valence-electron chi connectivity index (χ0n) is 15.1. The largest absolute Gasteiger partial charge is 0.481 e. The number of carbonyl (C=O) groups is 1. The molecule has 0 amide bonds. The average molecular weight is 385 g/mol. The summed E-state index contributed by atoms with van der Waals surface area (Å²) in [5.74, 6) is 0.0639. The first-order chi connectivity index (χ1) is 10.7. The molecule has 3 atom stereocenters. The van der Waals surface area contributed by atoms with E-state index in [1.165, 1.54) is 11.4 Å². The van der Waals surface area contributed by atoms with Crippen molar-refractivity contribution >= 4 is 34.9 Å². The standard InChI is InChI=1S/C16H33O4PS2/c1-6-8-13(3)11-19-21(22,20-12-14(4)9-7-2)23-15(5)10-16(17)18/h13-15H,6-12H2,1-5H3,(H,17,18). The Kier molecular flexibility index (Phi) is 12.9. The minimum Gasteiger partial charge on any atom is -0.481 e. The topological polar surface area (TPSA) is 55.8 Å². The summed E-state index contributed by atoms with van der Waals surface area (Å²) < 4.78 is 12.0. The lowest BCUT2D eigenvalue weighted by atomic mass is 10.1. The Labute approximate surface area is 151 Å². The van der Waals surface area contributed by atoms with Crippen molar-refractivity contribution in [3.8, 4) is 0 Å². The van der Waals surface area contributed by atoms with Crippen LogP contribution in [0.1, 0.15) is 66.7 Å². The maximum atomic E-state index is 10.9. The third-order valence-electron chi connectivity index (χ3n) is 3.37. The van der Waals surface area contributed by atoms with E-state index in [-0.39, 0.29) is 11.7 Å². The summed E-state index contributed by atoms with van der Waals surface area (Å²) in [7, 11) is 0. The Morgan fingerprint density at radius 1 is 1.09 bits per heavy atom. The van der Waals surface area contributed by atoms with Gasteiger partial charge in [-0.05, 0) is 36.5 Å². The van der Waals surface area contributed by atoms with Crippen LogP contribution < -0.4 is 0 Å². The first-order valence-corrected chi connectivity index (χ1v) is 12.6. The van der Waals surface area contributed by atoms with Crippen LogP contribution in [-0.4, -0.2) is 29.5 Å². The summed E-state index contributed by atoms with van der Waals surface area (Å²) in [5.41, 5.74) is -2.50. The highest BCUT2D eigenvalue weighted by molar-refractivity contribution is 8.68. The summed E-state index contributed by atoms with van der Waals surface area (Å²) in [6.07, 6.45) is 4.49. The zero-order valence-corrected chi connectivity index (χ0v) is 17.6. The Bertz CT molecular complexity index is 359. The maximum absolute atomic E-state index is 10.9. The van der Waals surface area contributed by atoms with Crippen molar-refractivity contribution in [2.75, 3.05) is 13.2 Å². The van der Waals surface area contributed by atoms with Gasteiger partial charge in [-0.2, -0.15) is 0 Å². The summed E-state index contributed by atoms with van der Waals surface area (Å²) in [5, 5.41) is 8.83. The summed E-state index contributed by atoms with van der Waals surface area (Å²) in [6, 6.07) is 0. The third-order valence-corrected chi connectivity index (χ3v) is 8.98. The number of hydrogen-bond acceptors (Lipinski definition) is 5. The van der Waals surface area contributed by atoms with Crippen LogP contribution in [0.3, 0.4) is 0 Å². The van der Waals surface area contributed by atoms with Gasteiger partial charge in [0, 0.05) is 5.25 Å². The number of hydrogen-bond donors (Lipinski definition) is 1. The summed E-state index contributed by atoms with van der Waals surface area (Å²) in [4.78, 5) is 10.9. The van der Waals surface area contributed by atoms with E-state index in [9.17, 15) is 4.79 Å². The first-order valence-electron chi connectivity index (χ1n) is 8.51. The van der Waals surface area contributed by atoms with E-state index in [4.69, 9.17) is 26.0 Å². The summed E-state index contributed by atoms with van der Waals surface area (Å²) in [6.45, 7) is 11.6. The average Bonchev–Trinajstić information content (AvgIpc) is 2.43. The highest BCUT2D eigenvalue weighted by atomic mass is 32.9. The second-order valence-electron chi connectivity index (χ2n) is 6.34. The van der Waals surface area contributed by atoms with Crippen molar-refractivity contribution in [3.05, 3.63) is 0 Å². The molecule has 23 heavy (non-hydrogen) atoms. The molecule has 0 aliphatic carbocycles. The van der Waals surface area contributed by atoms with Crippen LogP contribution in [0, 0.1) is 11.8 Å². The quantitative estimate of drug-likeness (QED) is 0.387. The molecule has 0 radical (unpaired) electrons. The van der Waals surface area contributed by atoms with Gasteiger partial charge in [-0.15, -0.1) is 0 Å². The second kappa shape index (κ2) is 12.7. The lowest BCUT2D eigenvalue weighted by Gasteiger charge is -2.26. The zero-order chi connectivity index (χ0) is 17.9. The van der Waals surface area contributed by atoms with E-state index in [2.05, 4.69) is 27.7 Å². The van der Waals surface area contributed by atoms with E-state index in [0.29, 0.717) is 25.0 Å². The van der Waals surface area contributed by atoms with Crippen molar-refractivity contribution in [1.82, 2.24) is 0 Å². The smallest absolute Gasteiger partial charge is 0.304 e. The molecule has 0 rings (SSSR count). The van der Waals surface area contributed by atoms with E-state index < -0.39 is 11.7 Å². The predicted octanol–water partition coefficient (Wildman–Crippen LogP) is 5.71. The van der Waals surface area contributed by atoms with E-state index in [1.807, 2.05) is 6.92 Å². The number of carboxylic acids is 1. The highest BCUT2D eigenvalue weighted by Gasteiger charge is 2.26. The van der Waals surface area contributed by atoms with Gasteiger partial charge in [0.05, 0.1) is 19.6 Å². The van der Waals surface area contributed by atoms with Crippen molar-refractivity contribution in [2.24, 2.45) is 11.8 Å². The molecule has 0 heterocycles. The normalized spacial score (nSPS) is 18.1. The van der Waals surface area contributed by atoms with Crippen LogP contribution in [0.25, 0.3) is 0 Å². The van der Waals surface area contributed by atoms with Gasteiger partial charge in [-0.1, -0.05) is 58.8 Å². The molecule has 0 aromatic carbocycles. The molecular formula is C16H33O4PS2. The van der Waals surface area contributed by atoms with Crippen molar-refractivity contribution in [1.29, 1.82) is 0 Å². The number of rotatable bonds is 14. The molecule has 0 bridgehead atoms. The van der Waals surface area contributed by atoms with Crippen molar-refractivity contribution < 1.29 is 18.9 Å². The SMILES string of the molecule is CCCC(C)COP(=S)(OCC(C)CCC)SC(C)CC(=O)O. The lowest BCUT2D eigenvalue weighted by molar-refractivity contribution is -0.136. The molecule has 0 aliphatic rings. The molecule has 0 spiro atoms. The van der Waals surface area contributed by atoms with Crippen LogP contribution in [0.15, 0.2) is 0 Å². The van der Waals surface area contributed by atoms with Gasteiger partial charge in [-0.3, -0.25) is 4.79 Å². The molecule has 0 aromatic heterocycles. The molecular weight excluding hydrogens is 351 g/mol. The molecule has 1 N–H and O–H groups in total. The van der Waals surface area contributed by atoms with Gasteiger partial charge >= 0.3 is 5.97 Å². The third kappa shape index (κ3) is 12.4. The van der Waals surface area contributed by atoms with Gasteiger partial charge in [0.2, 0.25) is 5.69 Å². The minimum absolute atomic E-state index is 0.0742. The molecule has 0 aliphatic heterocycles. The summed E-state index contributed by atoms with van der Waals surface area (Å²) >= 11 is 7.07. The fraction of sp³-hybridized carbons (Fsp3) is 0.938. The minimum atomic E-state index is -2.50. The Hall–Kier alpha value is 0.390. The molecule has 0 fully saturated rings. The Morgan fingerprint density at radius 3 is 1.87 bits per heavy atom. The lowest BCUT2D eigenvalue weighted by Crippen LogP contribution is -2.11. The monoisotopic (exact) mass is 384 g/mol. The second-order valence-corrected chi connectivity index (χ2v) is 13.0. The van der Waals surface area contributed by atoms with Crippen molar-refractivity contribution in [3.63, 3.8) is 0 Å². The Balaban J connectivity index is 4.67. The van der Waals surface area contributed by atoms with Crippen molar-refractivity contribution in [2.45, 2.75) is 72.0 Å². The molecule has 0 aromatic rings. The van der Waals surface area contributed by atoms with E-state index in [0.717, 1.165) is 25.7 Å². The molecule has 7 heteroatoms. The molecule has 3 unspecified atom stereocenters. The fourth-order valence-electron chi connectivity index (χ4n) is 2.19. The first kappa shape index (κ1) is 23.4. The van der Waals surface area contributed by atoms with Crippen LogP contribution in [0.4, 0.5) is 0 Å². The van der Waals surface area contributed by atoms with E-state index in [1.54, 1.807) is 0 Å². The number of carboxylic acid groups (broad SMARTS) is 1. The predicted molar refractivity (Wildman–Crippen MR) is 104 cm³/mol. The van der Waals surface area contributed by atoms with Crippen LogP contribution in [0.2, 0.25) is 0 Å². The van der Waals surface area contributed by atoms with Gasteiger partial charge < -0.3 is 14.2 Å². The molecule has 0 saturated carbocycles. The fourth-order valence-corrected chi connectivity index (χ4v) is 7.88. The van der Waals surface area contributed by atoms with Gasteiger partial charge in [0.15, 0.2) is 0 Å². The highest BCUT2D eigenvalue weighted by Crippen LogP contribution is 2.63. The molecule has 138 valence electrons. The van der Waals surface area contributed by atoms with Gasteiger partial charge in [0.1, 0.15) is 0 Å². The molecule has 0 saturated heterocycles. The van der Waals surface area contributed by atoms with E-state index >= 15 is 0 Å². The number of aliphatic carboxylic acids is 1. The Morgan fingerprint density at radius 2 is 1.52 bits per heavy atom. The molecule has 4 nitrogen and oxygen atoms in total. The van der Waals surface area contributed by atoms with Gasteiger partial charge in [0.25, 0.3) is 0 Å².